The first-order valence-electron chi connectivity index (χ1n) is 10.5. The molecule has 0 aromatic heterocycles. The maximum Gasteiger partial charge on any atom is 0.258 e. The van der Waals surface area contributed by atoms with Gasteiger partial charge in [0.2, 0.25) is 0 Å². The average molecular weight is 427 g/mol. The summed E-state index contributed by atoms with van der Waals surface area (Å²) in [6, 6.07) is 13.1. The second-order valence-corrected chi connectivity index (χ2v) is 7.64. The zero-order valence-corrected chi connectivity index (χ0v) is 18.3. The number of hydrogen-bond acceptors (Lipinski definition) is 6. The van der Waals surface area contributed by atoms with Crippen LogP contribution in [-0.2, 0) is 11.3 Å². The van der Waals surface area contributed by atoms with Crippen LogP contribution in [0.2, 0.25) is 0 Å². The minimum absolute atomic E-state index is 0.0559. The van der Waals surface area contributed by atoms with Crippen LogP contribution in [0, 0.1) is 0 Å². The largest absolute Gasteiger partial charge is 0.496 e. The van der Waals surface area contributed by atoms with Crippen LogP contribution in [-0.4, -0.2) is 56.5 Å². The molecule has 0 spiro atoms. The van der Waals surface area contributed by atoms with Gasteiger partial charge in [-0.2, -0.15) is 0 Å². The summed E-state index contributed by atoms with van der Waals surface area (Å²) < 4.78 is 16.3. The van der Waals surface area contributed by atoms with Gasteiger partial charge in [0.25, 0.3) is 5.91 Å². The normalized spacial score (nSPS) is 14.7. The molecule has 1 aliphatic heterocycles. The van der Waals surface area contributed by atoms with Gasteiger partial charge in [0.05, 0.1) is 14.2 Å². The summed E-state index contributed by atoms with van der Waals surface area (Å²) >= 11 is 0. The third-order valence-corrected chi connectivity index (χ3v) is 5.47. The second kappa shape index (κ2) is 10.8. The van der Waals surface area contributed by atoms with Crippen molar-refractivity contribution in [1.82, 2.24) is 10.2 Å². The quantitative estimate of drug-likeness (QED) is 0.621. The number of methoxy groups -OCH3 is 2. The van der Waals surface area contributed by atoms with Gasteiger partial charge in [-0.25, -0.2) is 0 Å². The molecule has 166 valence electrons. The highest BCUT2D eigenvalue weighted by molar-refractivity contribution is 5.94. The lowest BCUT2D eigenvalue weighted by atomic mass is 10.0. The minimum Gasteiger partial charge on any atom is -0.496 e. The summed E-state index contributed by atoms with van der Waals surface area (Å²) in [5.74, 6) is 1.56. The van der Waals surface area contributed by atoms with E-state index in [9.17, 15) is 9.59 Å². The van der Waals surface area contributed by atoms with Gasteiger partial charge in [-0.1, -0.05) is 18.2 Å². The van der Waals surface area contributed by atoms with Crippen LogP contribution in [0.25, 0.3) is 0 Å². The van der Waals surface area contributed by atoms with Crippen molar-refractivity contribution in [1.29, 1.82) is 0 Å². The fraction of sp³-hybridized carbons (Fsp3) is 0.417. The highest BCUT2D eigenvalue weighted by Crippen LogP contribution is 2.28. The molecule has 0 radical (unpaired) electrons. The Morgan fingerprint density at radius 3 is 2.39 bits per heavy atom. The highest BCUT2D eigenvalue weighted by Gasteiger charge is 2.22. The van der Waals surface area contributed by atoms with Crippen molar-refractivity contribution in [2.24, 2.45) is 0 Å². The van der Waals surface area contributed by atoms with Crippen LogP contribution >= 0.6 is 0 Å². The molecule has 31 heavy (non-hydrogen) atoms. The molecule has 7 nitrogen and oxygen atoms in total. The van der Waals surface area contributed by atoms with Gasteiger partial charge in [0.15, 0.2) is 23.9 Å². The SMILES string of the molecule is COc1ccccc1CN1CCC(NC(=O)COc2ccc(C(C)=O)cc2OC)CC1. The van der Waals surface area contributed by atoms with Gasteiger partial charge >= 0.3 is 0 Å². The Hall–Kier alpha value is -3.06. The summed E-state index contributed by atoms with van der Waals surface area (Å²) in [6.45, 7) is 4.04. The van der Waals surface area contributed by atoms with Crippen molar-refractivity contribution < 1.29 is 23.8 Å². The van der Waals surface area contributed by atoms with Gasteiger partial charge in [0.1, 0.15) is 5.75 Å². The van der Waals surface area contributed by atoms with E-state index in [1.165, 1.54) is 19.6 Å². The summed E-state index contributed by atoms with van der Waals surface area (Å²) in [5, 5.41) is 3.05. The number of ketones is 1. The Balaban J connectivity index is 1.44. The number of piperidine rings is 1. The smallest absolute Gasteiger partial charge is 0.258 e. The van der Waals surface area contributed by atoms with E-state index >= 15 is 0 Å². The minimum atomic E-state index is -0.166. The van der Waals surface area contributed by atoms with E-state index in [2.05, 4.69) is 16.3 Å². The maximum absolute atomic E-state index is 12.4. The van der Waals surface area contributed by atoms with Gasteiger partial charge < -0.3 is 19.5 Å². The van der Waals surface area contributed by atoms with E-state index in [-0.39, 0.29) is 24.3 Å². The van der Waals surface area contributed by atoms with Crippen molar-refractivity contribution in [3.05, 3.63) is 53.6 Å². The number of likely N-dealkylation sites (tertiary alicyclic amines) is 1. The van der Waals surface area contributed by atoms with Crippen molar-refractivity contribution >= 4 is 11.7 Å². The first kappa shape index (κ1) is 22.6. The topological polar surface area (TPSA) is 77.1 Å². The summed E-state index contributed by atoms with van der Waals surface area (Å²) in [6.07, 6.45) is 1.77. The van der Waals surface area contributed by atoms with E-state index in [4.69, 9.17) is 14.2 Å². The molecule has 2 aromatic carbocycles. The van der Waals surface area contributed by atoms with E-state index in [1.807, 2.05) is 18.2 Å². The maximum atomic E-state index is 12.4. The number of nitrogens with one attached hydrogen (secondary N) is 1. The number of carbonyl (C=O) groups excluding carboxylic acids is 2. The number of Topliss-reactive ketones (excluding diaryl/α,β-unsaturated/α-hetero) is 1. The Morgan fingerprint density at radius 2 is 1.71 bits per heavy atom. The standard InChI is InChI=1S/C24H30N2O5/c1-17(27)18-8-9-22(23(14-18)30-3)31-16-24(28)25-20-10-12-26(13-11-20)15-19-6-4-5-7-21(19)29-2/h4-9,14,20H,10-13,15-16H2,1-3H3,(H,25,28). The number of amides is 1. The van der Waals surface area contributed by atoms with Crippen LogP contribution in [0.15, 0.2) is 42.5 Å². The predicted octanol–water partition coefficient (Wildman–Crippen LogP) is 3.07. The fourth-order valence-corrected chi connectivity index (χ4v) is 3.73. The van der Waals surface area contributed by atoms with Crippen LogP contribution in [0.1, 0.15) is 35.7 Å². The molecular formula is C24H30N2O5. The first-order chi connectivity index (χ1) is 15.0. The number of ether oxygens (including phenoxy) is 3. The molecule has 1 amide bonds. The Labute approximate surface area is 183 Å². The van der Waals surface area contributed by atoms with E-state index in [0.717, 1.165) is 38.2 Å². The molecule has 2 aromatic rings. The highest BCUT2D eigenvalue weighted by atomic mass is 16.5. The van der Waals surface area contributed by atoms with Crippen LogP contribution in [0.3, 0.4) is 0 Å². The fourth-order valence-electron chi connectivity index (χ4n) is 3.73. The molecule has 0 atom stereocenters. The molecule has 1 heterocycles. The van der Waals surface area contributed by atoms with Crippen molar-refractivity contribution in [2.45, 2.75) is 32.4 Å². The van der Waals surface area contributed by atoms with Crippen LogP contribution in [0.5, 0.6) is 17.2 Å². The zero-order valence-electron chi connectivity index (χ0n) is 18.3. The summed E-state index contributed by atoms with van der Waals surface area (Å²) in [7, 11) is 3.20. The van der Waals surface area contributed by atoms with E-state index < -0.39 is 0 Å². The van der Waals surface area contributed by atoms with Gasteiger partial charge in [-0.3, -0.25) is 14.5 Å². The zero-order chi connectivity index (χ0) is 22.2. The molecule has 0 unspecified atom stereocenters. The van der Waals surface area contributed by atoms with Crippen LogP contribution in [0.4, 0.5) is 0 Å². The molecule has 3 rings (SSSR count). The molecule has 1 fully saturated rings. The molecule has 0 aliphatic carbocycles. The first-order valence-corrected chi connectivity index (χ1v) is 10.5. The third kappa shape index (κ3) is 6.21. The lowest BCUT2D eigenvalue weighted by Gasteiger charge is -2.32. The molecule has 7 heteroatoms. The lowest BCUT2D eigenvalue weighted by molar-refractivity contribution is -0.124. The lowest BCUT2D eigenvalue weighted by Crippen LogP contribution is -2.45. The van der Waals surface area contributed by atoms with Crippen molar-refractivity contribution in [2.75, 3.05) is 33.9 Å². The number of benzene rings is 2. The Kier molecular flexibility index (Phi) is 7.89. The summed E-state index contributed by atoms with van der Waals surface area (Å²) in [5.41, 5.74) is 1.71. The van der Waals surface area contributed by atoms with Crippen LogP contribution < -0.4 is 19.5 Å². The molecule has 1 saturated heterocycles. The molecule has 1 aliphatic rings. The van der Waals surface area contributed by atoms with Gasteiger partial charge in [-0.05, 0) is 44.0 Å². The Morgan fingerprint density at radius 1 is 1.00 bits per heavy atom. The molecular weight excluding hydrogens is 396 g/mol. The second-order valence-electron chi connectivity index (χ2n) is 7.64. The van der Waals surface area contributed by atoms with E-state index in [1.54, 1.807) is 25.3 Å². The number of rotatable bonds is 9. The number of hydrogen-bond donors (Lipinski definition) is 1. The molecule has 0 bridgehead atoms. The average Bonchev–Trinajstić information content (AvgIpc) is 2.79. The monoisotopic (exact) mass is 426 g/mol. The van der Waals surface area contributed by atoms with Crippen molar-refractivity contribution in [3.63, 3.8) is 0 Å². The number of para-hydroxylation sites is 1. The Bertz CT molecular complexity index is 907. The third-order valence-electron chi connectivity index (χ3n) is 5.47. The number of nitrogens with zero attached hydrogens (tertiary/aromatic N) is 1. The van der Waals surface area contributed by atoms with Gasteiger partial charge in [-0.15, -0.1) is 0 Å². The van der Waals surface area contributed by atoms with Crippen molar-refractivity contribution in [3.8, 4) is 17.2 Å². The molecule has 0 saturated carbocycles. The number of carbonyl (C=O) groups is 2. The summed E-state index contributed by atoms with van der Waals surface area (Å²) in [4.78, 5) is 26.2. The molecule has 1 N–H and O–H groups in total. The van der Waals surface area contributed by atoms with E-state index in [0.29, 0.717) is 17.1 Å². The predicted molar refractivity (Wildman–Crippen MR) is 118 cm³/mol. The van der Waals surface area contributed by atoms with Gasteiger partial charge in [0, 0.05) is 36.8 Å².